The van der Waals surface area contributed by atoms with E-state index in [2.05, 4.69) is 41.7 Å². The van der Waals surface area contributed by atoms with Gasteiger partial charge in [0.2, 0.25) is 5.95 Å². The Morgan fingerprint density at radius 1 is 1.26 bits per heavy atom. The summed E-state index contributed by atoms with van der Waals surface area (Å²) in [5, 5.41) is 0. The SMILES string of the molecule is CCC(CC)(CC)n1c(N)nc2cc(Br)c(F)cc21. The molecule has 0 atom stereocenters. The first-order valence-electron chi connectivity index (χ1n) is 6.62. The molecule has 2 N–H and O–H groups in total. The van der Waals surface area contributed by atoms with Gasteiger partial charge in [-0.25, -0.2) is 9.37 Å². The number of halogens is 2. The molecule has 0 aliphatic heterocycles. The topological polar surface area (TPSA) is 43.8 Å². The van der Waals surface area contributed by atoms with E-state index < -0.39 is 0 Å². The molecule has 19 heavy (non-hydrogen) atoms. The molecule has 0 fully saturated rings. The van der Waals surface area contributed by atoms with Crippen molar-refractivity contribution in [3.8, 4) is 0 Å². The van der Waals surface area contributed by atoms with Crippen molar-refractivity contribution in [2.45, 2.75) is 45.6 Å². The summed E-state index contributed by atoms with van der Waals surface area (Å²) in [6.07, 6.45) is 2.81. The Labute approximate surface area is 121 Å². The minimum Gasteiger partial charge on any atom is -0.369 e. The molecule has 5 heteroatoms. The Morgan fingerprint density at radius 2 is 1.84 bits per heavy atom. The molecule has 0 aliphatic rings. The summed E-state index contributed by atoms with van der Waals surface area (Å²) in [6.45, 7) is 6.40. The smallest absolute Gasteiger partial charge is 0.201 e. The number of nitrogen functional groups attached to an aromatic ring is 1. The molecule has 1 heterocycles. The number of anilines is 1. The van der Waals surface area contributed by atoms with E-state index >= 15 is 0 Å². The highest BCUT2D eigenvalue weighted by molar-refractivity contribution is 9.10. The van der Waals surface area contributed by atoms with Crippen molar-refractivity contribution in [3.63, 3.8) is 0 Å². The molecule has 0 radical (unpaired) electrons. The first-order chi connectivity index (χ1) is 8.99. The highest BCUT2D eigenvalue weighted by atomic mass is 79.9. The number of fused-ring (bicyclic) bond motifs is 1. The number of aromatic nitrogens is 2. The van der Waals surface area contributed by atoms with E-state index in [4.69, 9.17) is 5.73 Å². The predicted octanol–water partition coefficient (Wildman–Crippen LogP) is 4.45. The molecule has 2 rings (SSSR count). The van der Waals surface area contributed by atoms with E-state index in [-0.39, 0.29) is 11.4 Å². The standard InChI is InChI=1S/C14H19BrFN3/c1-4-14(5-2,6-3)19-12-8-10(16)9(15)7-11(12)18-13(19)17/h7-8H,4-6H2,1-3H3,(H2,17,18). The molecule has 0 aliphatic carbocycles. The van der Waals surface area contributed by atoms with Crippen molar-refractivity contribution in [3.05, 3.63) is 22.4 Å². The zero-order valence-electron chi connectivity index (χ0n) is 11.5. The number of nitrogens with two attached hydrogens (primary N) is 1. The van der Waals surface area contributed by atoms with Crippen LogP contribution in [0.2, 0.25) is 0 Å². The van der Waals surface area contributed by atoms with Crippen LogP contribution in [0.25, 0.3) is 11.0 Å². The molecule has 2 aromatic rings. The van der Waals surface area contributed by atoms with Gasteiger partial charge in [0.25, 0.3) is 0 Å². The average Bonchev–Trinajstić information content (AvgIpc) is 2.70. The molecular formula is C14H19BrFN3. The number of hydrogen-bond donors (Lipinski definition) is 1. The minimum absolute atomic E-state index is 0.0981. The van der Waals surface area contributed by atoms with Crippen molar-refractivity contribution in [1.29, 1.82) is 0 Å². The maximum absolute atomic E-state index is 13.8. The van der Waals surface area contributed by atoms with E-state index in [1.807, 2.05) is 4.57 Å². The molecule has 0 bridgehead atoms. The lowest BCUT2D eigenvalue weighted by atomic mass is 9.89. The van der Waals surface area contributed by atoms with Crippen LogP contribution in [0, 0.1) is 5.82 Å². The lowest BCUT2D eigenvalue weighted by Gasteiger charge is -2.33. The molecular weight excluding hydrogens is 309 g/mol. The van der Waals surface area contributed by atoms with Crippen molar-refractivity contribution < 1.29 is 4.39 Å². The molecule has 3 nitrogen and oxygen atoms in total. The van der Waals surface area contributed by atoms with E-state index in [1.54, 1.807) is 6.07 Å². The van der Waals surface area contributed by atoms with E-state index in [9.17, 15) is 4.39 Å². The minimum atomic E-state index is -0.286. The van der Waals surface area contributed by atoms with Crippen molar-refractivity contribution in [1.82, 2.24) is 9.55 Å². The zero-order chi connectivity index (χ0) is 14.2. The fourth-order valence-corrected chi connectivity index (χ4v) is 3.15. The van der Waals surface area contributed by atoms with E-state index in [0.29, 0.717) is 10.4 Å². The highest BCUT2D eigenvalue weighted by Gasteiger charge is 2.30. The van der Waals surface area contributed by atoms with Crippen LogP contribution < -0.4 is 5.73 Å². The van der Waals surface area contributed by atoms with Gasteiger partial charge in [0, 0.05) is 11.6 Å². The van der Waals surface area contributed by atoms with E-state index in [1.165, 1.54) is 6.07 Å². The van der Waals surface area contributed by atoms with Gasteiger partial charge in [-0.05, 0) is 41.3 Å². The van der Waals surface area contributed by atoms with Gasteiger partial charge in [-0.2, -0.15) is 0 Å². The summed E-state index contributed by atoms with van der Waals surface area (Å²) >= 11 is 3.19. The second-order valence-electron chi connectivity index (χ2n) is 4.85. The summed E-state index contributed by atoms with van der Waals surface area (Å²) in [6, 6.07) is 3.20. The third-order valence-electron chi connectivity index (χ3n) is 4.17. The fraction of sp³-hybridized carbons (Fsp3) is 0.500. The van der Waals surface area contributed by atoms with Gasteiger partial charge in [0.05, 0.1) is 15.5 Å². The van der Waals surface area contributed by atoms with Crippen molar-refractivity contribution in [2.75, 3.05) is 5.73 Å². The first-order valence-corrected chi connectivity index (χ1v) is 7.41. The number of rotatable bonds is 4. The van der Waals surface area contributed by atoms with Gasteiger partial charge >= 0.3 is 0 Å². The third kappa shape index (κ3) is 2.14. The van der Waals surface area contributed by atoms with Gasteiger partial charge in [-0.3, -0.25) is 0 Å². The highest BCUT2D eigenvalue weighted by Crippen LogP contribution is 2.36. The van der Waals surface area contributed by atoms with Gasteiger partial charge in [0.15, 0.2) is 0 Å². The summed E-state index contributed by atoms with van der Waals surface area (Å²) in [5.74, 6) is 0.170. The third-order valence-corrected chi connectivity index (χ3v) is 4.78. The number of benzene rings is 1. The summed E-state index contributed by atoms with van der Waals surface area (Å²) in [5.41, 5.74) is 7.48. The molecule has 0 saturated heterocycles. The van der Waals surface area contributed by atoms with Crippen LogP contribution in [0.5, 0.6) is 0 Å². The molecule has 0 unspecified atom stereocenters. The van der Waals surface area contributed by atoms with Crippen LogP contribution in [-0.4, -0.2) is 9.55 Å². The second-order valence-corrected chi connectivity index (χ2v) is 5.70. The fourth-order valence-electron chi connectivity index (χ4n) is 2.81. The van der Waals surface area contributed by atoms with Crippen LogP contribution in [0.4, 0.5) is 10.3 Å². The number of nitrogens with zero attached hydrogens (tertiary/aromatic N) is 2. The Hall–Kier alpha value is -1.10. The first kappa shape index (κ1) is 14.3. The van der Waals surface area contributed by atoms with Gasteiger partial charge < -0.3 is 10.3 Å². The largest absolute Gasteiger partial charge is 0.369 e. The Bertz CT molecular complexity index is 594. The molecule has 0 amide bonds. The van der Waals surface area contributed by atoms with Crippen LogP contribution in [0.3, 0.4) is 0 Å². The molecule has 1 aromatic carbocycles. The lowest BCUT2D eigenvalue weighted by molar-refractivity contribution is 0.262. The maximum atomic E-state index is 13.8. The molecule has 0 saturated carbocycles. The Kier molecular flexibility index (Phi) is 3.85. The molecule has 1 aromatic heterocycles. The lowest BCUT2D eigenvalue weighted by Crippen LogP contribution is -2.32. The van der Waals surface area contributed by atoms with Crippen molar-refractivity contribution in [2.24, 2.45) is 0 Å². The monoisotopic (exact) mass is 327 g/mol. The van der Waals surface area contributed by atoms with E-state index in [0.717, 1.165) is 30.3 Å². The summed E-state index contributed by atoms with van der Waals surface area (Å²) < 4.78 is 16.2. The predicted molar refractivity (Wildman–Crippen MR) is 80.7 cm³/mol. The van der Waals surface area contributed by atoms with Crippen LogP contribution in [0.1, 0.15) is 40.0 Å². The van der Waals surface area contributed by atoms with Gasteiger partial charge in [-0.15, -0.1) is 0 Å². The quantitative estimate of drug-likeness (QED) is 0.901. The van der Waals surface area contributed by atoms with Crippen molar-refractivity contribution >= 4 is 32.9 Å². The molecule has 0 spiro atoms. The summed E-state index contributed by atoms with van der Waals surface area (Å²) in [4.78, 5) is 4.37. The Balaban J connectivity index is 2.79. The second kappa shape index (κ2) is 5.12. The average molecular weight is 328 g/mol. The number of imidazole rings is 1. The van der Waals surface area contributed by atoms with Crippen LogP contribution in [-0.2, 0) is 5.54 Å². The molecule has 104 valence electrons. The summed E-state index contributed by atoms with van der Waals surface area (Å²) in [7, 11) is 0. The maximum Gasteiger partial charge on any atom is 0.201 e. The van der Waals surface area contributed by atoms with Gasteiger partial charge in [-0.1, -0.05) is 20.8 Å². The number of hydrogen-bond acceptors (Lipinski definition) is 2. The van der Waals surface area contributed by atoms with Gasteiger partial charge in [0.1, 0.15) is 5.82 Å². The van der Waals surface area contributed by atoms with Crippen LogP contribution in [0.15, 0.2) is 16.6 Å². The normalized spacial score (nSPS) is 12.3. The Morgan fingerprint density at radius 3 is 2.37 bits per heavy atom. The zero-order valence-corrected chi connectivity index (χ0v) is 13.1. The van der Waals surface area contributed by atoms with Crippen LogP contribution >= 0.6 is 15.9 Å².